The van der Waals surface area contributed by atoms with Crippen molar-refractivity contribution in [3.8, 4) is 0 Å². The number of hydrogen-bond donors (Lipinski definition) is 0. The molecular formula is C31H32O4S4. The Morgan fingerprint density at radius 2 is 0.821 bits per heavy atom. The third kappa shape index (κ3) is 7.37. The van der Waals surface area contributed by atoms with Crippen LogP contribution in [0.2, 0.25) is 0 Å². The molecule has 0 aliphatic carbocycles. The average Bonchev–Trinajstić information content (AvgIpc) is 2.95. The maximum absolute atomic E-state index is 14.4. The summed E-state index contributed by atoms with van der Waals surface area (Å²) in [4.78, 5) is 1.92. The normalized spacial score (nSPS) is 14.5. The second-order valence-corrected chi connectivity index (χ2v) is 16.8. The van der Waals surface area contributed by atoms with E-state index < -0.39 is 34.8 Å². The van der Waals surface area contributed by atoms with Gasteiger partial charge in [0.2, 0.25) is 0 Å². The second-order valence-electron chi connectivity index (χ2n) is 9.61. The Morgan fingerprint density at radius 1 is 0.513 bits per heavy atom. The van der Waals surface area contributed by atoms with Crippen LogP contribution in [0.5, 0.6) is 0 Å². The highest BCUT2D eigenvalue weighted by atomic mass is 32.3. The minimum atomic E-state index is -3.94. The van der Waals surface area contributed by atoms with Gasteiger partial charge in [-0.15, -0.1) is 23.5 Å². The maximum Gasteiger partial charge on any atom is 0.191 e. The summed E-state index contributed by atoms with van der Waals surface area (Å²) in [7, 11) is -7.88. The molecule has 204 valence electrons. The number of benzene rings is 4. The molecule has 2 atom stereocenters. The van der Waals surface area contributed by atoms with Gasteiger partial charge in [0, 0.05) is 15.7 Å². The maximum atomic E-state index is 14.4. The van der Waals surface area contributed by atoms with E-state index in [-0.39, 0.29) is 15.7 Å². The van der Waals surface area contributed by atoms with Gasteiger partial charge in [0.15, 0.2) is 19.7 Å². The van der Waals surface area contributed by atoms with Gasteiger partial charge >= 0.3 is 0 Å². The first kappa shape index (κ1) is 29.5. The fourth-order valence-corrected chi connectivity index (χ4v) is 12.3. The van der Waals surface area contributed by atoms with Crippen LogP contribution in [-0.2, 0) is 19.7 Å². The van der Waals surface area contributed by atoms with Crippen LogP contribution in [0.3, 0.4) is 0 Å². The molecule has 0 aliphatic heterocycles. The van der Waals surface area contributed by atoms with E-state index in [1.807, 2.05) is 74.5 Å². The summed E-state index contributed by atoms with van der Waals surface area (Å²) in [6.07, 6.45) is 0.410. The molecule has 0 radical (unpaired) electrons. The molecule has 0 saturated heterocycles. The molecule has 2 unspecified atom stereocenters. The molecule has 4 aromatic carbocycles. The molecule has 0 N–H and O–H groups in total. The van der Waals surface area contributed by atoms with Gasteiger partial charge in [0.25, 0.3) is 0 Å². The molecule has 4 rings (SSSR count). The van der Waals surface area contributed by atoms with Gasteiger partial charge < -0.3 is 0 Å². The van der Waals surface area contributed by atoms with Crippen LogP contribution in [0.15, 0.2) is 141 Å². The lowest BCUT2D eigenvalue weighted by Gasteiger charge is -2.34. The number of sulfone groups is 2. The van der Waals surface area contributed by atoms with Crippen LogP contribution >= 0.6 is 23.5 Å². The fourth-order valence-electron chi connectivity index (χ4n) is 4.41. The van der Waals surface area contributed by atoms with E-state index in [1.165, 1.54) is 23.5 Å². The average molecular weight is 597 g/mol. The summed E-state index contributed by atoms with van der Waals surface area (Å²) in [6.45, 7) is 4.01. The minimum absolute atomic E-state index is 0.0599. The van der Waals surface area contributed by atoms with Crippen molar-refractivity contribution in [3.63, 3.8) is 0 Å². The van der Waals surface area contributed by atoms with Gasteiger partial charge in [-0.05, 0) is 60.9 Å². The van der Waals surface area contributed by atoms with Crippen LogP contribution in [-0.4, -0.2) is 26.0 Å². The predicted molar refractivity (Wildman–Crippen MR) is 162 cm³/mol. The van der Waals surface area contributed by atoms with Gasteiger partial charge in [0.05, 0.1) is 9.79 Å². The molecule has 0 aromatic heterocycles. The second kappa shape index (κ2) is 13.2. The monoisotopic (exact) mass is 596 g/mol. The van der Waals surface area contributed by atoms with Gasteiger partial charge in [0.1, 0.15) is 9.16 Å². The lowest BCUT2D eigenvalue weighted by molar-refractivity contribution is 0.439. The standard InChI is InChI=1S/C31H32O4S4/c1-24(2)23-29(30(36-25-15-7-3-8-16-25)38(32,33)27-19-11-5-12-20-27)31(37-26-17-9-4-10-18-26)39(34,35)28-21-13-6-14-22-28/h3-22,24,29-31H,23H2,1-2H3. The van der Waals surface area contributed by atoms with Crippen molar-refractivity contribution in [3.05, 3.63) is 121 Å². The molecule has 8 heteroatoms. The molecule has 0 spiro atoms. The third-order valence-corrected chi connectivity index (χ3v) is 14.3. The molecule has 0 bridgehead atoms. The Bertz CT molecular complexity index is 1410. The van der Waals surface area contributed by atoms with Gasteiger partial charge in [-0.3, -0.25) is 0 Å². The van der Waals surface area contributed by atoms with E-state index in [4.69, 9.17) is 0 Å². The molecule has 0 fully saturated rings. The van der Waals surface area contributed by atoms with Crippen molar-refractivity contribution in [1.29, 1.82) is 0 Å². The zero-order valence-corrected chi connectivity index (χ0v) is 25.1. The molecule has 4 nitrogen and oxygen atoms in total. The van der Waals surface area contributed by atoms with Crippen LogP contribution in [0, 0.1) is 11.8 Å². The molecular weight excluding hydrogens is 565 g/mol. The first-order chi connectivity index (χ1) is 18.7. The number of hydrogen-bond acceptors (Lipinski definition) is 6. The van der Waals surface area contributed by atoms with E-state index in [1.54, 1.807) is 60.7 Å². The highest BCUT2D eigenvalue weighted by Crippen LogP contribution is 2.46. The summed E-state index contributed by atoms with van der Waals surface area (Å²) in [5.41, 5.74) is 0. The summed E-state index contributed by atoms with van der Waals surface area (Å²) in [5.74, 6) is -0.666. The SMILES string of the molecule is CC(C)CC(C(Sc1ccccc1)S(=O)(=O)c1ccccc1)C(Sc1ccccc1)S(=O)(=O)c1ccccc1. The number of rotatable bonds is 12. The van der Waals surface area contributed by atoms with E-state index in [9.17, 15) is 16.8 Å². The Labute approximate surface area is 241 Å². The third-order valence-electron chi connectivity index (χ3n) is 6.19. The number of thioether (sulfide) groups is 2. The molecule has 0 saturated carbocycles. The van der Waals surface area contributed by atoms with Crippen molar-refractivity contribution in [2.24, 2.45) is 11.8 Å². The highest BCUT2D eigenvalue weighted by Gasteiger charge is 2.46. The van der Waals surface area contributed by atoms with Crippen LogP contribution in [0.1, 0.15) is 20.3 Å². The van der Waals surface area contributed by atoms with E-state index >= 15 is 0 Å². The largest absolute Gasteiger partial charge is 0.223 e. The summed E-state index contributed by atoms with van der Waals surface area (Å²) < 4.78 is 55.3. The molecule has 0 amide bonds. The molecule has 0 aliphatic rings. The highest BCUT2D eigenvalue weighted by molar-refractivity contribution is 8.15. The van der Waals surface area contributed by atoms with Crippen LogP contribution in [0.4, 0.5) is 0 Å². The van der Waals surface area contributed by atoms with E-state index in [2.05, 4.69) is 0 Å². The van der Waals surface area contributed by atoms with E-state index in [0.717, 1.165) is 9.79 Å². The zero-order chi connectivity index (χ0) is 27.9. The smallest absolute Gasteiger partial charge is 0.191 e. The predicted octanol–water partition coefficient (Wildman–Crippen LogP) is 7.83. The van der Waals surface area contributed by atoms with Crippen molar-refractivity contribution in [2.75, 3.05) is 0 Å². The van der Waals surface area contributed by atoms with E-state index in [0.29, 0.717) is 6.42 Å². The topological polar surface area (TPSA) is 68.3 Å². The van der Waals surface area contributed by atoms with Crippen molar-refractivity contribution >= 4 is 43.2 Å². The Kier molecular flexibility index (Phi) is 9.99. The first-order valence-electron chi connectivity index (χ1n) is 12.7. The van der Waals surface area contributed by atoms with Crippen LogP contribution < -0.4 is 0 Å². The lowest BCUT2D eigenvalue weighted by atomic mass is 10.00. The summed E-state index contributed by atoms with van der Waals surface area (Å²) in [6, 6.07) is 35.4. The molecule has 39 heavy (non-hydrogen) atoms. The Hall–Kier alpha value is -2.52. The summed E-state index contributed by atoms with van der Waals surface area (Å²) in [5, 5.41) is 0. The minimum Gasteiger partial charge on any atom is -0.223 e. The van der Waals surface area contributed by atoms with Gasteiger partial charge in [-0.1, -0.05) is 86.6 Å². The van der Waals surface area contributed by atoms with Gasteiger partial charge in [-0.25, -0.2) is 16.8 Å². The molecule has 4 aromatic rings. The lowest BCUT2D eigenvalue weighted by Crippen LogP contribution is -2.39. The quantitative estimate of drug-likeness (QED) is 0.155. The van der Waals surface area contributed by atoms with Crippen molar-refractivity contribution in [1.82, 2.24) is 0 Å². The molecule has 0 heterocycles. The van der Waals surface area contributed by atoms with Gasteiger partial charge in [-0.2, -0.15) is 0 Å². The fraction of sp³-hybridized carbons (Fsp3) is 0.226. The Morgan fingerprint density at radius 3 is 1.13 bits per heavy atom. The van der Waals surface area contributed by atoms with Crippen molar-refractivity contribution < 1.29 is 16.8 Å². The van der Waals surface area contributed by atoms with Crippen molar-refractivity contribution in [2.45, 2.75) is 49.0 Å². The zero-order valence-electron chi connectivity index (χ0n) is 21.8. The van der Waals surface area contributed by atoms with Crippen LogP contribution in [0.25, 0.3) is 0 Å². The summed E-state index contributed by atoms with van der Waals surface area (Å²) >= 11 is 2.45. The Balaban J connectivity index is 1.93. The first-order valence-corrected chi connectivity index (χ1v) is 17.6.